The van der Waals surface area contributed by atoms with Crippen LogP contribution in [0.2, 0.25) is 0 Å². The molecule has 0 aliphatic heterocycles. The van der Waals surface area contributed by atoms with E-state index in [2.05, 4.69) is 88.2 Å². The van der Waals surface area contributed by atoms with Gasteiger partial charge in [-0.25, -0.2) is 9.97 Å². The van der Waals surface area contributed by atoms with E-state index in [-0.39, 0.29) is 5.41 Å². The summed E-state index contributed by atoms with van der Waals surface area (Å²) in [6.07, 6.45) is 27.0. The molecule has 6 heteroatoms. The van der Waals surface area contributed by atoms with Crippen LogP contribution in [0, 0.1) is 28.6 Å². The number of imidazole rings is 2. The predicted octanol–water partition coefficient (Wildman–Crippen LogP) is 9.08. The Labute approximate surface area is 264 Å². The van der Waals surface area contributed by atoms with Crippen molar-refractivity contribution in [2.24, 2.45) is 28.6 Å². The number of benzene rings is 1. The van der Waals surface area contributed by atoms with Crippen molar-refractivity contribution >= 4 is 23.0 Å². The van der Waals surface area contributed by atoms with E-state index in [1.165, 1.54) is 87.9 Å². The normalized spacial score (nSPS) is 31.5. The second kappa shape index (κ2) is 13.8. The highest BCUT2D eigenvalue weighted by molar-refractivity contribution is 5.80. The van der Waals surface area contributed by atoms with Gasteiger partial charge in [-0.3, -0.25) is 0 Å². The molecule has 5 aliphatic carbocycles. The van der Waals surface area contributed by atoms with Gasteiger partial charge in [0.05, 0.1) is 17.4 Å². The molecule has 8 rings (SSSR count). The lowest BCUT2D eigenvalue weighted by atomic mass is 9.47. The largest absolute Gasteiger partial charge is 0.388 e. The van der Waals surface area contributed by atoms with E-state index in [4.69, 9.17) is 9.78 Å². The molecule has 0 radical (unpaired) electrons. The molecule has 3 aromatic rings. The number of carbonyl (C=O) groups is 1. The first-order valence-corrected chi connectivity index (χ1v) is 16.6. The van der Waals surface area contributed by atoms with Crippen molar-refractivity contribution in [2.45, 2.75) is 91.0 Å². The highest BCUT2D eigenvalue weighted by atomic mass is 16.4. The lowest BCUT2D eigenvalue weighted by molar-refractivity contribution is -0.106. The van der Waals surface area contributed by atoms with Crippen LogP contribution in [0.1, 0.15) is 91.0 Å². The van der Waals surface area contributed by atoms with Crippen LogP contribution in [-0.4, -0.2) is 39.6 Å². The summed E-state index contributed by atoms with van der Waals surface area (Å²) in [6.45, 7) is 10.4. The van der Waals surface area contributed by atoms with Gasteiger partial charge in [0.2, 0.25) is 0 Å². The number of aldehydes is 1. The second-order valence-electron chi connectivity index (χ2n) is 13.8. The van der Waals surface area contributed by atoms with Gasteiger partial charge in [-0.2, -0.15) is 0 Å². The van der Waals surface area contributed by atoms with E-state index in [1.807, 2.05) is 12.5 Å². The quantitative estimate of drug-likeness (QED) is 0.219. The SMILES string of the molecule is C=C1CCC1.CC12CCC(n3ccnc3)CC1=CCC1C2CCC2(C)C(n3cnc4ccccc43)=CCC12.CC=O.COC. The predicted molar refractivity (Wildman–Crippen MR) is 180 cm³/mol. The van der Waals surface area contributed by atoms with E-state index in [1.54, 1.807) is 19.8 Å². The number of aromatic nitrogens is 4. The lowest BCUT2D eigenvalue weighted by Gasteiger charge is -2.58. The summed E-state index contributed by atoms with van der Waals surface area (Å²) in [7, 11) is 3.25. The topological polar surface area (TPSA) is 61.9 Å². The lowest BCUT2D eigenvalue weighted by Crippen LogP contribution is -2.49. The van der Waals surface area contributed by atoms with Gasteiger partial charge in [-0.05, 0) is 106 Å². The zero-order valence-corrected chi connectivity index (χ0v) is 27.5. The molecule has 6 nitrogen and oxygen atoms in total. The van der Waals surface area contributed by atoms with Gasteiger partial charge in [0.15, 0.2) is 0 Å². The maximum atomic E-state index is 8.81. The van der Waals surface area contributed by atoms with Crippen LogP contribution < -0.4 is 0 Å². The van der Waals surface area contributed by atoms with Gasteiger partial charge >= 0.3 is 0 Å². The van der Waals surface area contributed by atoms with Gasteiger partial charge in [-0.15, -0.1) is 0 Å². The van der Waals surface area contributed by atoms with Crippen molar-refractivity contribution in [1.29, 1.82) is 0 Å². The molecule has 6 atom stereocenters. The summed E-state index contributed by atoms with van der Waals surface area (Å²) in [4.78, 5) is 17.8. The number of nitrogens with zero attached hydrogens (tertiary/aromatic N) is 4. The van der Waals surface area contributed by atoms with Crippen LogP contribution in [0.3, 0.4) is 0 Å². The molecule has 0 amide bonds. The Morgan fingerprint density at radius 2 is 1.70 bits per heavy atom. The van der Waals surface area contributed by atoms with Gasteiger partial charge in [0, 0.05) is 43.8 Å². The first kappa shape index (κ1) is 32.2. The summed E-state index contributed by atoms with van der Waals surface area (Å²) in [6, 6.07) is 9.17. The fourth-order valence-corrected chi connectivity index (χ4v) is 8.88. The third-order valence-corrected chi connectivity index (χ3v) is 11.3. The van der Waals surface area contributed by atoms with Crippen molar-refractivity contribution in [3.8, 4) is 0 Å². The number of rotatable bonds is 2. The standard InChI is InChI=1S/C29H34N4.C5H8.C2H6O.C2H4O/c1-28-13-11-21(32-16-15-30-18-32)17-20(28)7-8-22-23-9-10-27(29(23,2)14-12-24(22)28)33-19-31-25-5-3-4-6-26(25)33;1-5-3-2-4-5;1-3-2;1-2-3/h3-7,10,15-16,18-19,21-24H,8-9,11-14,17H2,1-2H3;1-4H2;1-2H3;2H,1H3. The molecule has 1 aromatic carbocycles. The maximum Gasteiger partial charge on any atom is 0.116 e. The number of para-hydroxylation sites is 2. The van der Waals surface area contributed by atoms with Crippen LogP contribution in [0.25, 0.3) is 16.7 Å². The molecular weight excluding hydrogens is 544 g/mol. The van der Waals surface area contributed by atoms with Gasteiger partial charge in [0.25, 0.3) is 0 Å². The maximum absolute atomic E-state index is 8.81. The summed E-state index contributed by atoms with van der Waals surface area (Å²) in [5, 5.41) is 0. The van der Waals surface area contributed by atoms with Crippen molar-refractivity contribution in [2.75, 3.05) is 14.2 Å². The minimum Gasteiger partial charge on any atom is -0.388 e. The van der Waals surface area contributed by atoms with Crippen molar-refractivity contribution < 1.29 is 9.53 Å². The molecule has 3 saturated carbocycles. The third-order valence-electron chi connectivity index (χ3n) is 11.3. The molecule has 2 aromatic heterocycles. The number of ether oxygens (including phenoxy) is 1. The average molecular weight is 597 g/mol. The monoisotopic (exact) mass is 596 g/mol. The fourth-order valence-electron chi connectivity index (χ4n) is 8.88. The van der Waals surface area contributed by atoms with E-state index < -0.39 is 0 Å². The third kappa shape index (κ3) is 6.02. The fraction of sp³-hybridized carbons (Fsp3) is 0.553. The number of allylic oxidation sites excluding steroid dienone is 5. The molecule has 2 heterocycles. The number of hydrogen-bond acceptors (Lipinski definition) is 4. The van der Waals surface area contributed by atoms with Crippen molar-refractivity contribution in [3.05, 3.63) is 79.2 Å². The molecule has 44 heavy (non-hydrogen) atoms. The number of hydrogen-bond donors (Lipinski definition) is 0. The average Bonchev–Trinajstić information content (AvgIpc) is 3.76. The molecule has 6 unspecified atom stereocenters. The number of fused-ring (bicyclic) bond motifs is 6. The molecule has 0 bridgehead atoms. The molecule has 0 N–H and O–H groups in total. The number of methoxy groups -OCH3 is 1. The summed E-state index contributed by atoms with van der Waals surface area (Å²) in [5.41, 5.74) is 7.67. The summed E-state index contributed by atoms with van der Waals surface area (Å²) >= 11 is 0. The van der Waals surface area contributed by atoms with Crippen LogP contribution >= 0.6 is 0 Å². The zero-order chi connectivity index (χ0) is 31.3. The van der Waals surface area contributed by atoms with Crippen LogP contribution in [0.4, 0.5) is 0 Å². The minimum atomic E-state index is 0.250. The van der Waals surface area contributed by atoms with Gasteiger partial charge in [-0.1, -0.05) is 55.9 Å². The summed E-state index contributed by atoms with van der Waals surface area (Å²) in [5.74, 6) is 2.37. The Balaban J connectivity index is 0.000000302. The first-order valence-electron chi connectivity index (χ1n) is 16.6. The molecular formula is C38H52N4O2. The Bertz CT molecular complexity index is 1480. The van der Waals surface area contributed by atoms with Crippen LogP contribution in [0.15, 0.2) is 79.2 Å². The molecule has 236 valence electrons. The van der Waals surface area contributed by atoms with E-state index in [0.29, 0.717) is 11.5 Å². The van der Waals surface area contributed by atoms with Crippen LogP contribution in [-0.2, 0) is 9.53 Å². The van der Waals surface area contributed by atoms with Gasteiger partial charge in [0.1, 0.15) is 12.6 Å². The van der Waals surface area contributed by atoms with Crippen molar-refractivity contribution in [3.63, 3.8) is 0 Å². The molecule has 5 aliphatic rings. The molecule has 0 saturated heterocycles. The summed E-state index contributed by atoms with van der Waals surface area (Å²) < 4.78 is 8.99. The van der Waals surface area contributed by atoms with Gasteiger partial charge < -0.3 is 18.7 Å². The van der Waals surface area contributed by atoms with E-state index >= 15 is 0 Å². The Morgan fingerprint density at radius 1 is 1.00 bits per heavy atom. The Kier molecular flexibility index (Phi) is 10.1. The Hall–Kier alpha value is -3.25. The van der Waals surface area contributed by atoms with E-state index in [9.17, 15) is 0 Å². The van der Waals surface area contributed by atoms with Crippen LogP contribution in [0.5, 0.6) is 0 Å². The highest BCUT2D eigenvalue weighted by Crippen LogP contribution is 2.66. The minimum absolute atomic E-state index is 0.250. The first-order chi connectivity index (χ1) is 21.3. The number of carbonyl (C=O) groups excluding carboxylic acids is 1. The smallest absolute Gasteiger partial charge is 0.116 e. The molecule has 0 spiro atoms. The Morgan fingerprint density at radius 3 is 2.36 bits per heavy atom. The van der Waals surface area contributed by atoms with E-state index in [0.717, 1.165) is 29.6 Å². The second-order valence-corrected chi connectivity index (χ2v) is 13.8. The zero-order valence-electron chi connectivity index (χ0n) is 27.5. The highest BCUT2D eigenvalue weighted by Gasteiger charge is 2.57. The van der Waals surface area contributed by atoms with Crippen molar-refractivity contribution in [1.82, 2.24) is 19.1 Å². The molecule has 3 fully saturated rings.